The van der Waals surface area contributed by atoms with E-state index < -0.39 is 6.10 Å². The minimum Gasteiger partial charge on any atom is -0.391 e. The Kier molecular flexibility index (Phi) is 4.45. The van der Waals surface area contributed by atoms with E-state index in [0.29, 0.717) is 24.1 Å². The number of aliphatic hydroxyl groups is 1. The molecule has 0 spiro atoms. The van der Waals surface area contributed by atoms with Crippen LogP contribution < -0.4 is 16.6 Å². The van der Waals surface area contributed by atoms with Crippen LogP contribution in [0.15, 0.2) is 6.07 Å². The fraction of sp³-hybridized carbons (Fsp3) is 0.714. The molecule has 0 aromatic carbocycles. The zero-order valence-electron chi connectivity index (χ0n) is 12.5. The number of nitrogens with zero attached hydrogens (tertiary/aromatic N) is 2. The first-order chi connectivity index (χ1) is 9.37. The van der Waals surface area contributed by atoms with Gasteiger partial charge in [0, 0.05) is 18.5 Å². The molecule has 2 rings (SSSR count). The summed E-state index contributed by atoms with van der Waals surface area (Å²) in [6.07, 6.45) is 2.62. The number of nitrogen functional groups attached to an aromatic ring is 1. The summed E-state index contributed by atoms with van der Waals surface area (Å²) in [4.78, 5) is 8.83. The molecule has 1 aliphatic rings. The summed E-state index contributed by atoms with van der Waals surface area (Å²) < 4.78 is 0. The van der Waals surface area contributed by atoms with Crippen LogP contribution in [0, 0.1) is 5.41 Å². The molecule has 1 aliphatic carbocycles. The lowest BCUT2D eigenvalue weighted by Crippen LogP contribution is -2.25. The van der Waals surface area contributed by atoms with Gasteiger partial charge in [-0.25, -0.2) is 15.8 Å². The van der Waals surface area contributed by atoms with E-state index in [2.05, 4.69) is 41.5 Å². The van der Waals surface area contributed by atoms with Crippen molar-refractivity contribution in [2.75, 3.05) is 17.3 Å². The van der Waals surface area contributed by atoms with Crippen LogP contribution in [0.3, 0.4) is 0 Å². The van der Waals surface area contributed by atoms with E-state index in [1.54, 1.807) is 6.07 Å². The first kappa shape index (κ1) is 15.0. The molecule has 0 aliphatic heterocycles. The van der Waals surface area contributed by atoms with Crippen LogP contribution in [-0.2, 0) is 0 Å². The fourth-order valence-corrected chi connectivity index (χ4v) is 2.16. The summed E-state index contributed by atoms with van der Waals surface area (Å²) in [7, 11) is 0. The van der Waals surface area contributed by atoms with E-state index in [1.807, 2.05) is 0 Å². The van der Waals surface area contributed by atoms with Gasteiger partial charge in [0.15, 0.2) is 0 Å². The smallest absolute Gasteiger partial charge is 0.145 e. The second-order valence-corrected chi connectivity index (χ2v) is 6.71. The second kappa shape index (κ2) is 5.93. The molecular weight excluding hydrogens is 254 g/mol. The van der Waals surface area contributed by atoms with Gasteiger partial charge in [-0.15, -0.1) is 0 Å². The Morgan fingerprint density at radius 2 is 2.00 bits per heavy atom. The standard InChI is InChI=1S/C14H25N5O/c1-14(2,3)7-10(20)8-16-11-6-12(19-15)18-13(17-11)9-4-5-9/h6,9-10,20H,4-5,7-8,15H2,1-3H3,(H2,16,17,18,19). The Labute approximate surface area is 120 Å². The van der Waals surface area contributed by atoms with E-state index in [1.165, 1.54) is 0 Å². The molecule has 6 nitrogen and oxygen atoms in total. The van der Waals surface area contributed by atoms with Gasteiger partial charge in [0.25, 0.3) is 0 Å². The Morgan fingerprint density at radius 3 is 2.55 bits per heavy atom. The predicted octanol–water partition coefficient (Wildman–Crippen LogP) is 1.85. The first-order valence-electron chi connectivity index (χ1n) is 7.15. The third kappa shape index (κ3) is 4.61. The number of hydrogen-bond acceptors (Lipinski definition) is 6. The largest absolute Gasteiger partial charge is 0.391 e. The topological polar surface area (TPSA) is 96.1 Å². The van der Waals surface area contributed by atoms with Gasteiger partial charge in [-0.2, -0.15) is 0 Å². The third-order valence-corrected chi connectivity index (χ3v) is 3.20. The highest BCUT2D eigenvalue weighted by Crippen LogP contribution is 2.38. The molecular formula is C14H25N5O. The quantitative estimate of drug-likeness (QED) is 0.469. The molecule has 6 heteroatoms. The normalized spacial score (nSPS) is 16.9. The predicted molar refractivity (Wildman–Crippen MR) is 80.4 cm³/mol. The Balaban J connectivity index is 1.96. The van der Waals surface area contributed by atoms with E-state index in [9.17, 15) is 5.11 Å². The van der Waals surface area contributed by atoms with Crippen molar-refractivity contribution in [1.82, 2.24) is 9.97 Å². The third-order valence-electron chi connectivity index (χ3n) is 3.20. The molecule has 1 saturated carbocycles. The lowest BCUT2D eigenvalue weighted by molar-refractivity contribution is 0.132. The van der Waals surface area contributed by atoms with Crippen molar-refractivity contribution in [1.29, 1.82) is 0 Å². The van der Waals surface area contributed by atoms with Gasteiger partial charge in [0.1, 0.15) is 17.5 Å². The molecule has 0 amide bonds. The monoisotopic (exact) mass is 279 g/mol. The Hall–Kier alpha value is -1.40. The van der Waals surface area contributed by atoms with Crippen molar-refractivity contribution in [2.24, 2.45) is 11.3 Å². The van der Waals surface area contributed by atoms with Crippen molar-refractivity contribution in [3.05, 3.63) is 11.9 Å². The molecule has 1 aromatic heterocycles. The summed E-state index contributed by atoms with van der Waals surface area (Å²) in [5.74, 6) is 8.04. The molecule has 0 bridgehead atoms. The molecule has 0 saturated heterocycles. The molecule has 1 aromatic rings. The highest BCUT2D eigenvalue weighted by atomic mass is 16.3. The summed E-state index contributed by atoms with van der Waals surface area (Å²) in [5.41, 5.74) is 2.67. The second-order valence-electron chi connectivity index (χ2n) is 6.71. The zero-order chi connectivity index (χ0) is 14.8. The highest BCUT2D eigenvalue weighted by molar-refractivity contribution is 5.47. The van der Waals surface area contributed by atoms with Crippen molar-refractivity contribution < 1.29 is 5.11 Å². The molecule has 0 radical (unpaired) electrons. The van der Waals surface area contributed by atoms with Crippen LogP contribution >= 0.6 is 0 Å². The number of hydrazine groups is 1. The Bertz CT molecular complexity index is 453. The maximum atomic E-state index is 10.0. The minimum atomic E-state index is -0.399. The lowest BCUT2D eigenvalue weighted by Gasteiger charge is -2.22. The number of nitrogens with one attached hydrogen (secondary N) is 2. The number of aromatic nitrogens is 2. The first-order valence-corrected chi connectivity index (χ1v) is 7.15. The maximum absolute atomic E-state index is 10.0. The minimum absolute atomic E-state index is 0.107. The van der Waals surface area contributed by atoms with Crippen molar-refractivity contribution in [3.8, 4) is 0 Å². The van der Waals surface area contributed by atoms with E-state index in [-0.39, 0.29) is 5.41 Å². The van der Waals surface area contributed by atoms with Gasteiger partial charge >= 0.3 is 0 Å². The fourth-order valence-electron chi connectivity index (χ4n) is 2.16. The van der Waals surface area contributed by atoms with Gasteiger partial charge in [-0.3, -0.25) is 0 Å². The van der Waals surface area contributed by atoms with Crippen molar-refractivity contribution in [3.63, 3.8) is 0 Å². The molecule has 1 heterocycles. The van der Waals surface area contributed by atoms with Crippen LogP contribution in [0.4, 0.5) is 11.6 Å². The van der Waals surface area contributed by atoms with Gasteiger partial charge in [-0.05, 0) is 24.7 Å². The van der Waals surface area contributed by atoms with Crippen LogP contribution in [0.2, 0.25) is 0 Å². The average molecular weight is 279 g/mol. The molecule has 5 N–H and O–H groups in total. The molecule has 1 unspecified atom stereocenters. The van der Waals surface area contributed by atoms with Gasteiger partial charge in [0.05, 0.1) is 6.10 Å². The highest BCUT2D eigenvalue weighted by Gasteiger charge is 2.27. The number of rotatable bonds is 6. The molecule has 112 valence electrons. The van der Waals surface area contributed by atoms with Gasteiger partial charge in [0.2, 0.25) is 0 Å². The van der Waals surface area contributed by atoms with Crippen LogP contribution in [0.25, 0.3) is 0 Å². The van der Waals surface area contributed by atoms with Crippen LogP contribution in [0.1, 0.15) is 51.8 Å². The number of aliphatic hydroxyl groups excluding tert-OH is 1. The SMILES string of the molecule is CC(C)(C)CC(O)CNc1cc(NN)nc(C2CC2)n1. The number of anilines is 2. The lowest BCUT2D eigenvalue weighted by atomic mass is 9.89. The summed E-state index contributed by atoms with van der Waals surface area (Å²) in [6, 6.07) is 1.76. The van der Waals surface area contributed by atoms with E-state index in [4.69, 9.17) is 5.84 Å². The van der Waals surface area contributed by atoms with Gasteiger partial charge < -0.3 is 15.8 Å². The van der Waals surface area contributed by atoms with Gasteiger partial charge in [-0.1, -0.05) is 20.8 Å². The number of nitrogens with two attached hydrogens (primary N) is 1. The average Bonchev–Trinajstić information content (AvgIpc) is 3.18. The molecule has 1 atom stereocenters. The van der Waals surface area contributed by atoms with Crippen molar-refractivity contribution >= 4 is 11.6 Å². The van der Waals surface area contributed by atoms with Crippen molar-refractivity contribution in [2.45, 2.75) is 52.1 Å². The maximum Gasteiger partial charge on any atom is 0.145 e. The summed E-state index contributed by atoms with van der Waals surface area (Å²) in [6.45, 7) is 6.82. The summed E-state index contributed by atoms with van der Waals surface area (Å²) >= 11 is 0. The Morgan fingerprint density at radius 1 is 1.35 bits per heavy atom. The summed E-state index contributed by atoms with van der Waals surface area (Å²) in [5, 5.41) is 13.2. The molecule has 1 fully saturated rings. The zero-order valence-corrected chi connectivity index (χ0v) is 12.5. The van der Waals surface area contributed by atoms with Crippen LogP contribution in [0.5, 0.6) is 0 Å². The van der Waals surface area contributed by atoms with E-state index in [0.717, 1.165) is 25.1 Å². The number of hydrogen-bond donors (Lipinski definition) is 4. The van der Waals surface area contributed by atoms with E-state index >= 15 is 0 Å². The van der Waals surface area contributed by atoms with Crippen LogP contribution in [-0.4, -0.2) is 27.7 Å². The molecule has 20 heavy (non-hydrogen) atoms.